The predicted octanol–water partition coefficient (Wildman–Crippen LogP) is 4.05. The number of rotatable bonds is 4. The maximum absolute atomic E-state index is 9.87. The van der Waals surface area contributed by atoms with E-state index in [1.165, 1.54) is 10.4 Å². The van der Waals surface area contributed by atoms with Gasteiger partial charge in [-0.3, -0.25) is 0 Å². The lowest BCUT2D eigenvalue weighted by atomic mass is 10.2. The Kier molecular flexibility index (Phi) is 4.76. The SMILES string of the molecule is CC(C)(C)[Si](OC1CC(O)=C(O)C1)(c1ccccc1)c1ccccc1. The van der Waals surface area contributed by atoms with E-state index in [-0.39, 0.29) is 22.7 Å². The highest BCUT2D eigenvalue weighted by Crippen LogP contribution is 2.39. The van der Waals surface area contributed by atoms with Crippen molar-refractivity contribution in [3.05, 3.63) is 72.2 Å². The third-order valence-corrected chi connectivity index (χ3v) is 10.0. The molecule has 0 saturated carbocycles. The van der Waals surface area contributed by atoms with Gasteiger partial charge in [-0.1, -0.05) is 81.4 Å². The van der Waals surface area contributed by atoms with Crippen molar-refractivity contribution < 1.29 is 14.6 Å². The first kappa shape index (κ1) is 17.8. The zero-order valence-corrected chi connectivity index (χ0v) is 16.1. The molecule has 0 radical (unpaired) electrons. The Morgan fingerprint density at radius 1 is 0.800 bits per heavy atom. The van der Waals surface area contributed by atoms with Crippen molar-refractivity contribution in [2.75, 3.05) is 0 Å². The average molecular weight is 355 g/mol. The van der Waals surface area contributed by atoms with Gasteiger partial charge in [0.1, 0.15) is 11.5 Å². The average Bonchev–Trinajstić information content (AvgIpc) is 2.91. The van der Waals surface area contributed by atoms with Gasteiger partial charge >= 0.3 is 0 Å². The van der Waals surface area contributed by atoms with Crippen molar-refractivity contribution in [2.24, 2.45) is 0 Å². The number of aliphatic hydroxyl groups excluding tert-OH is 2. The molecule has 132 valence electrons. The van der Waals surface area contributed by atoms with Crippen molar-refractivity contribution in [1.82, 2.24) is 0 Å². The fraction of sp³-hybridized carbons (Fsp3) is 0.333. The summed E-state index contributed by atoms with van der Waals surface area (Å²) in [6.07, 6.45) is 0.540. The first-order valence-electron chi connectivity index (χ1n) is 8.73. The largest absolute Gasteiger partial charge is 0.509 e. The molecule has 1 aliphatic carbocycles. The summed E-state index contributed by atoms with van der Waals surface area (Å²) in [4.78, 5) is 0. The number of hydrogen-bond acceptors (Lipinski definition) is 3. The van der Waals surface area contributed by atoms with Crippen molar-refractivity contribution in [1.29, 1.82) is 0 Å². The van der Waals surface area contributed by atoms with Crippen molar-refractivity contribution in [2.45, 2.75) is 44.8 Å². The second-order valence-corrected chi connectivity index (χ2v) is 12.0. The van der Waals surface area contributed by atoms with E-state index >= 15 is 0 Å². The molecule has 0 aromatic heterocycles. The standard InChI is InChI=1S/C21H26O3Si/c1-21(2,3)25(17-10-6-4-7-11-17,18-12-8-5-9-13-18)24-16-14-19(22)20(23)15-16/h4-13,16,22-23H,14-15H2,1-3H3. The maximum Gasteiger partial charge on any atom is 0.261 e. The third kappa shape index (κ3) is 3.24. The van der Waals surface area contributed by atoms with Gasteiger partial charge in [-0.2, -0.15) is 0 Å². The Labute approximate surface area is 150 Å². The van der Waals surface area contributed by atoms with Crippen LogP contribution in [0.4, 0.5) is 0 Å². The van der Waals surface area contributed by atoms with E-state index in [0.29, 0.717) is 12.8 Å². The van der Waals surface area contributed by atoms with Gasteiger partial charge in [0.2, 0.25) is 0 Å². The molecule has 0 aliphatic heterocycles. The fourth-order valence-corrected chi connectivity index (χ4v) is 8.45. The van der Waals surface area contributed by atoms with Crippen LogP contribution in [-0.2, 0) is 4.43 Å². The molecule has 2 aromatic carbocycles. The summed E-state index contributed by atoms with van der Waals surface area (Å²) in [6, 6.07) is 20.8. The highest BCUT2D eigenvalue weighted by atomic mass is 28.4. The summed E-state index contributed by atoms with van der Waals surface area (Å²) in [5.41, 5.74) is 0. The summed E-state index contributed by atoms with van der Waals surface area (Å²) in [5, 5.41) is 22.1. The molecular formula is C21H26O3Si. The van der Waals surface area contributed by atoms with Gasteiger partial charge in [-0.25, -0.2) is 0 Å². The number of benzene rings is 2. The second-order valence-electron chi connectivity index (χ2n) is 7.70. The molecule has 1 aliphatic rings. The molecule has 25 heavy (non-hydrogen) atoms. The monoisotopic (exact) mass is 354 g/mol. The lowest BCUT2D eigenvalue weighted by molar-refractivity contribution is 0.183. The van der Waals surface area contributed by atoms with E-state index in [0.717, 1.165) is 0 Å². The molecule has 0 atom stereocenters. The van der Waals surface area contributed by atoms with Crippen LogP contribution in [0.3, 0.4) is 0 Å². The smallest absolute Gasteiger partial charge is 0.261 e. The summed E-state index contributed by atoms with van der Waals surface area (Å²) < 4.78 is 6.85. The normalized spacial score (nSPS) is 16.4. The van der Waals surface area contributed by atoms with Gasteiger partial charge in [0.15, 0.2) is 0 Å². The highest BCUT2D eigenvalue weighted by molar-refractivity contribution is 6.99. The lowest BCUT2D eigenvalue weighted by Crippen LogP contribution is -2.67. The number of hydrogen-bond donors (Lipinski definition) is 2. The van der Waals surface area contributed by atoms with E-state index in [1.807, 2.05) is 12.1 Å². The zero-order chi connectivity index (χ0) is 18.1. The first-order chi connectivity index (χ1) is 11.8. The number of aliphatic hydroxyl groups is 2. The van der Waals surface area contributed by atoms with Gasteiger partial charge in [0, 0.05) is 12.8 Å². The Morgan fingerprint density at radius 2 is 1.20 bits per heavy atom. The van der Waals surface area contributed by atoms with E-state index in [2.05, 4.69) is 69.3 Å². The van der Waals surface area contributed by atoms with E-state index in [1.54, 1.807) is 0 Å². The van der Waals surface area contributed by atoms with Gasteiger partial charge in [-0.05, 0) is 15.4 Å². The summed E-state index contributed by atoms with van der Waals surface area (Å²) in [6.45, 7) is 6.67. The zero-order valence-electron chi connectivity index (χ0n) is 15.1. The lowest BCUT2D eigenvalue weighted by Gasteiger charge is -2.44. The molecule has 0 unspecified atom stereocenters. The second kappa shape index (κ2) is 6.69. The van der Waals surface area contributed by atoms with Crippen molar-refractivity contribution in [3.8, 4) is 0 Å². The van der Waals surface area contributed by atoms with Crippen LogP contribution < -0.4 is 10.4 Å². The van der Waals surface area contributed by atoms with Crippen LogP contribution in [-0.4, -0.2) is 24.6 Å². The van der Waals surface area contributed by atoms with Crippen LogP contribution in [0.1, 0.15) is 33.6 Å². The van der Waals surface area contributed by atoms with Crippen LogP contribution in [0.15, 0.2) is 72.2 Å². The maximum atomic E-state index is 9.87. The molecule has 3 nitrogen and oxygen atoms in total. The topological polar surface area (TPSA) is 49.7 Å². The predicted molar refractivity (Wildman–Crippen MR) is 104 cm³/mol. The third-order valence-electron chi connectivity index (χ3n) is 4.94. The van der Waals surface area contributed by atoms with E-state index in [9.17, 15) is 10.2 Å². The molecule has 0 spiro atoms. The molecule has 0 saturated heterocycles. The summed E-state index contributed by atoms with van der Waals surface area (Å²) in [5.74, 6) is 0.117. The molecule has 0 amide bonds. The van der Waals surface area contributed by atoms with Crippen LogP contribution in [0, 0.1) is 0 Å². The van der Waals surface area contributed by atoms with Crippen LogP contribution in [0.25, 0.3) is 0 Å². The van der Waals surface area contributed by atoms with Crippen molar-refractivity contribution >= 4 is 18.7 Å². The summed E-state index contributed by atoms with van der Waals surface area (Å²) >= 11 is 0. The molecular weight excluding hydrogens is 328 g/mol. The summed E-state index contributed by atoms with van der Waals surface area (Å²) in [7, 11) is -2.62. The van der Waals surface area contributed by atoms with E-state index in [4.69, 9.17) is 4.43 Å². The van der Waals surface area contributed by atoms with Gasteiger partial charge < -0.3 is 14.6 Å². The first-order valence-corrected chi connectivity index (χ1v) is 10.6. The van der Waals surface area contributed by atoms with Gasteiger partial charge in [0.25, 0.3) is 8.32 Å². The Bertz CT molecular complexity index is 694. The minimum Gasteiger partial charge on any atom is -0.509 e. The highest BCUT2D eigenvalue weighted by Gasteiger charge is 2.52. The minimum absolute atomic E-state index is 0.0583. The molecule has 4 heteroatoms. The van der Waals surface area contributed by atoms with Crippen LogP contribution >= 0.6 is 0 Å². The molecule has 3 rings (SSSR count). The quantitative estimate of drug-likeness (QED) is 0.814. The molecule has 0 bridgehead atoms. The minimum atomic E-state index is -2.62. The van der Waals surface area contributed by atoms with E-state index < -0.39 is 8.32 Å². The van der Waals surface area contributed by atoms with Crippen LogP contribution in [0.2, 0.25) is 5.04 Å². The van der Waals surface area contributed by atoms with Crippen molar-refractivity contribution in [3.63, 3.8) is 0 Å². The molecule has 2 N–H and O–H groups in total. The molecule has 0 fully saturated rings. The Balaban J connectivity index is 2.13. The molecule has 2 aromatic rings. The Hall–Kier alpha value is -2.04. The van der Waals surface area contributed by atoms with Gasteiger partial charge in [0.05, 0.1) is 6.10 Å². The fourth-order valence-electron chi connectivity index (χ4n) is 3.76. The molecule has 0 heterocycles. The van der Waals surface area contributed by atoms with Crippen LogP contribution in [0.5, 0.6) is 0 Å². The Morgan fingerprint density at radius 3 is 1.56 bits per heavy atom. The van der Waals surface area contributed by atoms with Gasteiger partial charge in [-0.15, -0.1) is 0 Å².